The van der Waals surface area contributed by atoms with Crippen LogP contribution in [0.3, 0.4) is 0 Å². The Morgan fingerprint density at radius 3 is 2.52 bits per heavy atom. The molecule has 1 aromatic carbocycles. The van der Waals surface area contributed by atoms with Crippen molar-refractivity contribution in [1.82, 2.24) is 19.3 Å². The van der Waals surface area contributed by atoms with E-state index in [1.165, 1.54) is 5.57 Å². The number of pyridine rings is 1. The molecule has 0 radical (unpaired) electrons. The van der Waals surface area contributed by atoms with E-state index in [0.717, 1.165) is 57.2 Å². The number of imidazole rings is 1. The predicted molar refractivity (Wildman–Crippen MR) is 133 cm³/mol. The van der Waals surface area contributed by atoms with Crippen LogP contribution in [-0.4, -0.2) is 21.6 Å². The van der Waals surface area contributed by atoms with Gasteiger partial charge in [-0.1, -0.05) is 39.0 Å². The van der Waals surface area contributed by atoms with E-state index in [4.69, 9.17) is 9.88 Å². The quantitative estimate of drug-likeness (QED) is 0.428. The minimum Gasteiger partial charge on any atom is -0.497 e. The summed E-state index contributed by atoms with van der Waals surface area (Å²) in [5, 5.41) is 7.34. The molecule has 0 unspecified atom stereocenters. The third-order valence-electron chi connectivity index (χ3n) is 4.95. The molecule has 3 aromatic rings. The second-order valence-corrected chi connectivity index (χ2v) is 7.17. The predicted octanol–water partition coefficient (Wildman–Crippen LogP) is 3.97. The van der Waals surface area contributed by atoms with Gasteiger partial charge in [0, 0.05) is 29.6 Å². The third-order valence-corrected chi connectivity index (χ3v) is 5.26. The van der Waals surface area contributed by atoms with Crippen molar-refractivity contribution in [3.63, 3.8) is 0 Å². The lowest BCUT2D eigenvalue weighted by Gasteiger charge is -2.09. The van der Waals surface area contributed by atoms with Gasteiger partial charge in [-0.15, -0.1) is 0 Å². The van der Waals surface area contributed by atoms with Crippen molar-refractivity contribution in [2.45, 2.75) is 47.6 Å². The first-order valence-electron chi connectivity index (χ1n) is 10.5. The van der Waals surface area contributed by atoms with Crippen LogP contribution in [0.1, 0.15) is 46.6 Å². The zero-order chi connectivity index (χ0) is 22.8. The van der Waals surface area contributed by atoms with E-state index in [1.54, 1.807) is 7.11 Å². The number of hydrogen-bond donors (Lipinski definition) is 2. The normalized spacial score (nSPS) is 13.1. The van der Waals surface area contributed by atoms with Gasteiger partial charge in [0.25, 0.3) is 0 Å². The van der Waals surface area contributed by atoms with Crippen LogP contribution < -0.4 is 20.4 Å². The SMILES string of the molecule is C/C=c1/ncc2ncn(-c3ccc(CNSN)cc3)c2/c1=C/C(OC)=C(\C)CC.CC. The smallest absolute Gasteiger partial charge is 0.118 e. The third kappa shape index (κ3) is 5.76. The van der Waals surface area contributed by atoms with Crippen LogP contribution in [0.25, 0.3) is 28.9 Å². The summed E-state index contributed by atoms with van der Waals surface area (Å²) in [6.45, 7) is 10.9. The molecule has 3 N–H and O–H groups in total. The highest BCUT2D eigenvalue weighted by Crippen LogP contribution is 2.16. The molecule has 0 fully saturated rings. The minimum absolute atomic E-state index is 0.711. The van der Waals surface area contributed by atoms with Crippen LogP contribution in [0, 0.1) is 0 Å². The fourth-order valence-electron chi connectivity index (χ4n) is 3.18. The summed E-state index contributed by atoms with van der Waals surface area (Å²) in [7, 11) is 1.71. The molecule has 0 spiro atoms. The van der Waals surface area contributed by atoms with Gasteiger partial charge in [-0.3, -0.25) is 14.7 Å². The van der Waals surface area contributed by atoms with Crippen LogP contribution in [-0.2, 0) is 11.3 Å². The number of nitrogens with two attached hydrogens (primary N) is 1. The molecule has 6 nitrogen and oxygen atoms in total. The van der Waals surface area contributed by atoms with Gasteiger partial charge in [-0.05, 0) is 49.6 Å². The first-order chi connectivity index (χ1) is 15.1. The van der Waals surface area contributed by atoms with Crippen molar-refractivity contribution in [1.29, 1.82) is 0 Å². The number of rotatable bonds is 7. The number of aromatic nitrogens is 3. The molecule has 0 atom stereocenters. The molecule has 0 aliphatic carbocycles. The first kappa shape index (κ1) is 24.7. The summed E-state index contributed by atoms with van der Waals surface area (Å²) in [4.78, 5) is 9.17. The lowest BCUT2D eigenvalue weighted by molar-refractivity contribution is 0.308. The largest absolute Gasteiger partial charge is 0.497 e. The minimum atomic E-state index is 0.711. The van der Waals surface area contributed by atoms with E-state index >= 15 is 0 Å². The van der Waals surface area contributed by atoms with Crippen LogP contribution in [0.15, 0.2) is 48.1 Å². The van der Waals surface area contributed by atoms with Crippen molar-refractivity contribution >= 4 is 35.3 Å². The van der Waals surface area contributed by atoms with Gasteiger partial charge in [0.05, 0.1) is 24.2 Å². The molecule has 3 rings (SSSR count). The Morgan fingerprint density at radius 2 is 1.94 bits per heavy atom. The monoisotopic (exact) mass is 439 g/mol. The summed E-state index contributed by atoms with van der Waals surface area (Å²) < 4.78 is 10.8. The lowest BCUT2D eigenvalue weighted by Crippen LogP contribution is -2.30. The maximum absolute atomic E-state index is 5.66. The van der Waals surface area contributed by atoms with Gasteiger partial charge in [0.2, 0.25) is 0 Å². The molecule has 0 bridgehead atoms. The molecule has 31 heavy (non-hydrogen) atoms. The van der Waals surface area contributed by atoms with E-state index in [2.05, 4.69) is 63.4 Å². The van der Waals surface area contributed by atoms with Gasteiger partial charge in [-0.2, -0.15) is 0 Å². The Morgan fingerprint density at radius 1 is 1.23 bits per heavy atom. The Labute approximate surface area is 189 Å². The van der Waals surface area contributed by atoms with E-state index in [-0.39, 0.29) is 0 Å². The van der Waals surface area contributed by atoms with Crippen molar-refractivity contribution in [3.05, 3.63) is 64.3 Å². The van der Waals surface area contributed by atoms with Gasteiger partial charge in [-0.25, -0.2) is 9.71 Å². The second kappa shape index (κ2) is 12.3. The van der Waals surface area contributed by atoms with Crippen molar-refractivity contribution in [3.8, 4) is 5.69 Å². The molecule has 0 aliphatic heterocycles. The molecule has 0 saturated carbocycles. The summed E-state index contributed by atoms with van der Waals surface area (Å²) in [5.74, 6) is 0.860. The second-order valence-electron chi connectivity index (χ2n) is 6.65. The van der Waals surface area contributed by atoms with Crippen LogP contribution in [0.2, 0.25) is 0 Å². The highest BCUT2D eigenvalue weighted by molar-refractivity contribution is 7.95. The molecule has 0 amide bonds. The number of nitrogens with zero attached hydrogens (tertiary/aromatic N) is 3. The van der Waals surface area contributed by atoms with Crippen molar-refractivity contribution in [2.24, 2.45) is 5.14 Å². The van der Waals surface area contributed by atoms with Gasteiger partial charge in [0.1, 0.15) is 17.6 Å². The Hall–Kier alpha value is -2.61. The maximum atomic E-state index is 5.66. The molecule has 0 aliphatic rings. The highest BCUT2D eigenvalue weighted by atomic mass is 32.2. The molecule has 0 saturated heterocycles. The molecule has 2 aromatic heterocycles. The number of hydrogen-bond acceptors (Lipinski definition) is 6. The number of ether oxygens (including phenoxy) is 1. The topological polar surface area (TPSA) is 78.0 Å². The summed E-state index contributed by atoms with van der Waals surface area (Å²) in [5.41, 5.74) is 5.24. The molecule has 7 heteroatoms. The molecular formula is C24H33N5OS. The van der Waals surface area contributed by atoms with Crippen molar-refractivity contribution < 1.29 is 4.74 Å². The van der Waals surface area contributed by atoms with Crippen LogP contribution >= 0.6 is 12.1 Å². The van der Waals surface area contributed by atoms with E-state index in [0.29, 0.717) is 6.54 Å². The van der Waals surface area contributed by atoms with Crippen LogP contribution in [0.4, 0.5) is 0 Å². The van der Waals surface area contributed by atoms with Gasteiger partial charge in [0.15, 0.2) is 0 Å². The Kier molecular flexibility index (Phi) is 9.78. The fraction of sp³-hybridized carbons (Fsp3) is 0.333. The highest BCUT2D eigenvalue weighted by Gasteiger charge is 2.09. The molecular weight excluding hydrogens is 406 g/mol. The molecule has 2 heterocycles. The Bertz CT molecular complexity index is 1130. The molecule has 166 valence electrons. The number of benzene rings is 1. The summed E-state index contributed by atoms with van der Waals surface area (Å²) in [6, 6.07) is 8.35. The zero-order valence-electron chi connectivity index (χ0n) is 19.3. The van der Waals surface area contributed by atoms with E-state index < -0.39 is 0 Å². The lowest BCUT2D eigenvalue weighted by atomic mass is 10.1. The number of methoxy groups -OCH3 is 1. The standard InChI is InChI=1S/C22H27N5OS.C2H6/c1-5-15(3)21(28-4)11-18-19(6-2)24-13-20-22(18)27(14-25-20)17-9-7-16(8-10-17)12-26-29-23;1-2/h6-11,13-14,26H,5,12,23H2,1-4H3;1-2H3/b18-11+,19-6+,21-15-;. The first-order valence-corrected chi connectivity index (χ1v) is 11.4. The van der Waals surface area contributed by atoms with Gasteiger partial charge >= 0.3 is 0 Å². The fourth-order valence-corrected chi connectivity index (χ4v) is 3.43. The average Bonchev–Trinajstić information content (AvgIpc) is 3.26. The summed E-state index contributed by atoms with van der Waals surface area (Å²) >= 11 is 1.12. The van der Waals surface area contributed by atoms with E-state index in [9.17, 15) is 0 Å². The van der Waals surface area contributed by atoms with Gasteiger partial charge < -0.3 is 4.74 Å². The van der Waals surface area contributed by atoms with E-state index in [1.807, 2.05) is 39.4 Å². The van der Waals surface area contributed by atoms with Crippen molar-refractivity contribution in [2.75, 3.05) is 7.11 Å². The van der Waals surface area contributed by atoms with Crippen LogP contribution in [0.5, 0.6) is 0 Å². The zero-order valence-corrected chi connectivity index (χ0v) is 20.1. The number of allylic oxidation sites excluding steroid dienone is 2. The summed E-state index contributed by atoms with van der Waals surface area (Å²) in [6.07, 6.45) is 8.66. The number of fused-ring (bicyclic) bond motifs is 1. The Balaban J connectivity index is 0.00000166. The number of nitrogens with one attached hydrogen (secondary N) is 1. The average molecular weight is 440 g/mol. The maximum Gasteiger partial charge on any atom is 0.118 e.